The minimum absolute atomic E-state index is 0.211. The Morgan fingerprint density at radius 1 is 1.11 bits per heavy atom. The van der Waals surface area contributed by atoms with Crippen LogP contribution in [-0.4, -0.2) is 37.0 Å². The molecule has 108 valence electrons. The second-order valence-corrected chi connectivity index (χ2v) is 4.91. The van der Waals surface area contributed by atoms with Gasteiger partial charge >= 0.3 is 0 Å². The molecular formula is C14H28O4. The first-order valence-electron chi connectivity index (χ1n) is 7.34. The summed E-state index contributed by atoms with van der Waals surface area (Å²) in [6.07, 6.45) is 6.39. The van der Waals surface area contributed by atoms with Crippen LogP contribution < -0.4 is 0 Å². The summed E-state index contributed by atoms with van der Waals surface area (Å²) < 4.78 is 16.6. The van der Waals surface area contributed by atoms with Crippen LogP contribution in [0.2, 0.25) is 0 Å². The standard InChI is InChI=1S/C14H28O4/c1-3-5-7-8-9-13-17-11-12(15)14(18-13)16-10-6-4-2/h12-15H,3-11H2,1-2H3. The highest BCUT2D eigenvalue weighted by Gasteiger charge is 2.30. The molecule has 1 fully saturated rings. The third-order valence-electron chi connectivity index (χ3n) is 3.13. The molecule has 0 aromatic rings. The number of ether oxygens (including phenoxy) is 3. The van der Waals surface area contributed by atoms with Crippen LogP contribution in [0.5, 0.6) is 0 Å². The molecule has 3 atom stereocenters. The summed E-state index contributed by atoms with van der Waals surface area (Å²) in [7, 11) is 0. The van der Waals surface area contributed by atoms with Crippen molar-refractivity contribution in [1.29, 1.82) is 0 Å². The first-order valence-corrected chi connectivity index (χ1v) is 7.34. The summed E-state index contributed by atoms with van der Waals surface area (Å²) in [6.45, 7) is 5.26. The molecule has 0 amide bonds. The molecule has 3 unspecified atom stereocenters. The van der Waals surface area contributed by atoms with Gasteiger partial charge in [-0.15, -0.1) is 0 Å². The van der Waals surface area contributed by atoms with E-state index < -0.39 is 12.4 Å². The third-order valence-corrected chi connectivity index (χ3v) is 3.13. The van der Waals surface area contributed by atoms with Crippen molar-refractivity contribution in [2.24, 2.45) is 0 Å². The molecule has 0 radical (unpaired) electrons. The fourth-order valence-electron chi connectivity index (χ4n) is 1.95. The average molecular weight is 260 g/mol. The quantitative estimate of drug-likeness (QED) is 0.648. The number of aliphatic hydroxyl groups excluding tert-OH is 1. The van der Waals surface area contributed by atoms with Gasteiger partial charge < -0.3 is 19.3 Å². The second kappa shape index (κ2) is 9.73. The van der Waals surface area contributed by atoms with Crippen molar-refractivity contribution in [2.75, 3.05) is 13.2 Å². The smallest absolute Gasteiger partial charge is 0.188 e. The Morgan fingerprint density at radius 3 is 2.61 bits per heavy atom. The first kappa shape index (κ1) is 15.9. The van der Waals surface area contributed by atoms with Crippen LogP contribution in [0.4, 0.5) is 0 Å². The Labute approximate surface area is 111 Å². The van der Waals surface area contributed by atoms with E-state index in [1.165, 1.54) is 19.3 Å². The van der Waals surface area contributed by atoms with Crippen LogP contribution in [0.3, 0.4) is 0 Å². The molecule has 1 aliphatic rings. The van der Waals surface area contributed by atoms with Crippen LogP contribution in [-0.2, 0) is 14.2 Å². The molecule has 1 aliphatic heterocycles. The van der Waals surface area contributed by atoms with Gasteiger partial charge in [-0.2, -0.15) is 0 Å². The summed E-state index contributed by atoms with van der Waals surface area (Å²) in [5.74, 6) is 0. The van der Waals surface area contributed by atoms with Crippen molar-refractivity contribution in [1.82, 2.24) is 0 Å². The van der Waals surface area contributed by atoms with E-state index in [9.17, 15) is 5.11 Å². The summed E-state index contributed by atoms with van der Waals surface area (Å²) in [6, 6.07) is 0. The van der Waals surface area contributed by atoms with Gasteiger partial charge in [-0.3, -0.25) is 0 Å². The average Bonchev–Trinajstić information content (AvgIpc) is 2.38. The molecule has 4 heteroatoms. The van der Waals surface area contributed by atoms with E-state index in [0.29, 0.717) is 13.2 Å². The van der Waals surface area contributed by atoms with Crippen molar-refractivity contribution in [3.63, 3.8) is 0 Å². The highest BCUT2D eigenvalue weighted by Crippen LogP contribution is 2.19. The van der Waals surface area contributed by atoms with E-state index in [-0.39, 0.29) is 6.29 Å². The first-order chi connectivity index (χ1) is 8.77. The Morgan fingerprint density at radius 2 is 1.89 bits per heavy atom. The second-order valence-electron chi connectivity index (χ2n) is 4.91. The molecule has 0 spiro atoms. The van der Waals surface area contributed by atoms with Crippen molar-refractivity contribution in [3.8, 4) is 0 Å². The van der Waals surface area contributed by atoms with Crippen LogP contribution in [0.1, 0.15) is 58.8 Å². The van der Waals surface area contributed by atoms with Crippen LogP contribution in [0.15, 0.2) is 0 Å². The SMILES string of the molecule is CCCCCCC1OCC(O)C(OCCCC)O1. The lowest BCUT2D eigenvalue weighted by atomic mass is 10.1. The largest absolute Gasteiger partial charge is 0.385 e. The third kappa shape index (κ3) is 6.14. The van der Waals surface area contributed by atoms with Gasteiger partial charge in [0, 0.05) is 6.61 Å². The van der Waals surface area contributed by atoms with E-state index in [0.717, 1.165) is 25.7 Å². The van der Waals surface area contributed by atoms with Crippen molar-refractivity contribution >= 4 is 0 Å². The molecular weight excluding hydrogens is 232 g/mol. The predicted octanol–water partition coefficient (Wildman–Crippen LogP) is 2.83. The fraction of sp³-hybridized carbons (Fsp3) is 1.00. The molecule has 4 nitrogen and oxygen atoms in total. The number of hydrogen-bond donors (Lipinski definition) is 1. The lowest BCUT2D eigenvalue weighted by Crippen LogP contribution is -2.45. The Bertz CT molecular complexity index is 198. The number of rotatable bonds is 9. The highest BCUT2D eigenvalue weighted by atomic mass is 16.8. The molecule has 0 bridgehead atoms. The summed E-state index contributed by atoms with van der Waals surface area (Å²) in [5.41, 5.74) is 0. The van der Waals surface area contributed by atoms with Crippen molar-refractivity contribution in [2.45, 2.75) is 77.5 Å². The zero-order valence-electron chi connectivity index (χ0n) is 11.8. The molecule has 0 aliphatic carbocycles. The van der Waals surface area contributed by atoms with Gasteiger partial charge in [0.2, 0.25) is 0 Å². The lowest BCUT2D eigenvalue weighted by molar-refractivity contribution is -0.323. The summed E-state index contributed by atoms with van der Waals surface area (Å²) in [4.78, 5) is 0. The van der Waals surface area contributed by atoms with Crippen LogP contribution in [0.25, 0.3) is 0 Å². The minimum atomic E-state index is -0.659. The normalized spacial score (nSPS) is 28.5. The van der Waals surface area contributed by atoms with E-state index >= 15 is 0 Å². The van der Waals surface area contributed by atoms with Crippen molar-refractivity contribution < 1.29 is 19.3 Å². The maximum atomic E-state index is 9.72. The molecule has 18 heavy (non-hydrogen) atoms. The van der Waals surface area contributed by atoms with Crippen LogP contribution >= 0.6 is 0 Å². The number of unbranched alkanes of at least 4 members (excludes halogenated alkanes) is 4. The predicted molar refractivity (Wildman–Crippen MR) is 70.2 cm³/mol. The fourth-order valence-corrected chi connectivity index (χ4v) is 1.95. The van der Waals surface area contributed by atoms with Crippen molar-refractivity contribution in [3.05, 3.63) is 0 Å². The van der Waals surface area contributed by atoms with Gasteiger partial charge in [-0.25, -0.2) is 0 Å². The highest BCUT2D eigenvalue weighted by molar-refractivity contribution is 4.66. The molecule has 0 saturated carbocycles. The van der Waals surface area contributed by atoms with Crippen LogP contribution in [0, 0.1) is 0 Å². The van der Waals surface area contributed by atoms with Gasteiger partial charge in [-0.1, -0.05) is 39.5 Å². The van der Waals surface area contributed by atoms with E-state index in [2.05, 4.69) is 13.8 Å². The molecule has 0 aromatic heterocycles. The van der Waals surface area contributed by atoms with Gasteiger partial charge in [0.25, 0.3) is 0 Å². The zero-order chi connectivity index (χ0) is 13.2. The molecule has 1 saturated heterocycles. The number of aliphatic hydroxyl groups is 1. The molecule has 1 heterocycles. The lowest BCUT2D eigenvalue weighted by Gasteiger charge is -2.33. The monoisotopic (exact) mass is 260 g/mol. The molecule has 1 rings (SSSR count). The zero-order valence-corrected chi connectivity index (χ0v) is 11.8. The maximum absolute atomic E-state index is 9.72. The van der Waals surface area contributed by atoms with Gasteiger partial charge in [0.05, 0.1) is 6.61 Å². The molecule has 0 aromatic carbocycles. The maximum Gasteiger partial charge on any atom is 0.188 e. The van der Waals surface area contributed by atoms with Gasteiger partial charge in [0.15, 0.2) is 12.6 Å². The van der Waals surface area contributed by atoms with E-state index in [1.54, 1.807) is 0 Å². The Balaban J connectivity index is 2.18. The minimum Gasteiger partial charge on any atom is -0.385 e. The van der Waals surface area contributed by atoms with E-state index in [4.69, 9.17) is 14.2 Å². The van der Waals surface area contributed by atoms with Gasteiger partial charge in [0.1, 0.15) is 6.10 Å². The summed E-state index contributed by atoms with van der Waals surface area (Å²) in [5, 5.41) is 9.72. The summed E-state index contributed by atoms with van der Waals surface area (Å²) >= 11 is 0. The van der Waals surface area contributed by atoms with Gasteiger partial charge in [-0.05, 0) is 19.3 Å². The van der Waals surface area contributed by atoms with E-state index in [1.807, 2.05) is 0 Å². The Hall–Kier alpha value is -0.160. The topological polar surface area (TPSA) is 47.9 Å². The molecule has 1 N–H and O–H groups in total. The Kier molecular flexibility index (Phi) is 8.59. The number of hydrogen-bond acceptors (Lipinski definition) is 4.